The highest BCUT2D eigenvalue weighted by atomic mass is 16.2. The lowest BCUT2D eigenvalue weighted by atomic mass is 10.1. The average molecular weight is 341 g/mol. The Morgan fingerprint density at radius 2 is 2.16 bits per heavy atom. The van der Waals surface area contributed by atoms with E-state index in [4.69, 9.17) is 0 Å². The molecule has 1 unspecified atom stereocenters. The van der Waals surface area contributed by atoms with E-state index in [-0.39, 0.29) is 11.9 Å². The van der Waals surface area contributed by atoms with E-state index in [1.54, 1.807) is 0 Å². The molecule has 2 aromatic rings. The van der Waals surface area contributed by atoms with Crippen LogP contribution in [0.1, 0.15) is 54.0 Å². The highest BCUT2D eigenvalue weighted by Gasteiger charge is 2.32. The van der Waals surface area contributed by atoms with Crippen molar-refractivity contribution in [3.8, 4) is 0 Å². The second kappa shape index (κ2) is 7.78. The summed E-state index contributed by atoms with van der Waals surface area (Å²) < 4.78 is 1.84. The van der Waals surface area contributed by atoms with Gasteiger partial charge in [-0.05, 0) is 51.1 Å². The zero-order valence-corrected chi connectivity index (χ0v) is 15.4. The number of carbonyl (C=O) groups excluding carboxylic acids is 1. The van der Waals surface area contributed by atoms with Crippen LogP contribution >= 0.6 is 0 Å². The summed E-state index contributed by atoms with van der Waals surface area (Å²) in [5, 5.41) is 4.42. The van der Waals surface area contributed by atoms with Crippen molar-refractivity contribution in [3.63, 3.8) is 0 Å². The number of pyridine rings is 1. The molecule has 1 aliphatic rings. The van der Waals surface area contributed by atoms with E-state index in [0.717, 1.165) is 44.6 Å². The van der Waals surface area contributed by atoms with Gasteiger partial charge < -0.3 is 9.80 Å². The molecular formula is C19H27N5O. The van der Waals surface area contributed by atoms with E-state index in [2.05, 4.69) is 34.0 Å². The summed E-state index contributed by atoms with van der Waals surface area (Å²) in [6.07, 6.45) is 6.78. The summed E-state index contributed by atoms with van der Waals surface area (Å²) in [5.74, 6) is 0.0107. The topological polar surface area (TPSA) is 54.3 Å². The Morgan fingerprint density at radius 3 is 2.84 bits per heavy atom. The van der Waals surface area contributed by atoms with Gasteiger partial charge in [-0.2, -0.15) is 5.10 Å². The third kappa shape index (κ3) is 4.07. The monoisotopic (exact) mass is 341 g/mol. The van der Waals surface area contributed by atoms with Gasteiger partial charge >= 0.3 is 0 Å². The largest absolute Gasteiger partial charge is 0.329 e. The van der Waals surface area contributed by atoms with Crippen molar-refractivity contribution in [2.24, 2.45) is 0 Å². The van der Waals surface area contributed by atoms with E-state index >= 15 is 0 Å². The number of hydrogen-bond donors (Lipinski definition) is 0. The van der Waals surface area contributed by atoms with Gasteiger partial charge in [0.05, 0.1) is 11.7 Å². The van der Waals surface area contributed by atoms with Crippen molar-refractivity contribution in [2.75, 3.05) is 20.6 Å². The summed E-state index contributed by atoms with van der Waals surface area (Å²) in [7, 11) is 4.09. The molecule has 0 radical (unpaired) electrons. The van der Waals surface area contributed by atoms with Gasteiger partial charge in [0, 0.05) is 32.0 Å². The van der Waals surface area contributed by atoms with Crippen LogP contribution in [0.5, 0.6) is 0 Å². The van der Waals surface area contributed by atoms with Crippen LogP contribution in [0.2, 0.25) is 0 Å². The van der Waals surface area contributed by atoms with Crippen molar-refractivity contribution in [1.82, 2.24) is 24.6 Å². The number of nitrogens with zero attached hydrogens (tertiary/aromatic N) is 5. The predicted molar refractivity (Wildman–Crippen MR) is 97.2 cm³/mol. The molecule has 1 aliphatic heterocycles. The van der Waals surface area contributed by atoms with Crippen LogP contribution in [0.3, 0.4) is 0 Å². The third-order valence-corrected chi connectivity index (χ3v) is 4.51. The minimum atomic E-state index is 0.0107. The first-order valence-electron chi connectivity index (χ1n) is 9.02. The summed E-state index contributed by atoms with van der Waals surface area (Å²) in [6, 6.07) is 6.04. The second-order valence-corrected chi connectivity index (χ2v) is 6.95. The second-order valence-electron chi connectivity index (χ2n) is 6.95. The van der Waals surface area contributed by atoms with Crippen LogP contribution in [0.25, 0.3) is 0 Å². The zero-order chi connectivity index (χ0) is 17.8. The lowest BCUT2D eigenvalue weighted by molar-refractivity contribution is 0.0726. The first-order chi connectivity index (χ1) is 12.1. The fraction of sp³-hybridized carbons (Fsp3) is 0.526. The standard InChI is InChI=1S/C19H27N5O/c1-4-10-23-12-9-17(21-23)19(25)24-11-5-6-18(24)16-8-7-15(13-20-16)14-22(2)3/h7-9,12-13,18H,4-6,10-11,14H2,1-3H3. The lowest BCUT2D eigenvalue weighted by Gasteiger charge is -2.23. The van der Waals surface area contributed by atoms with E-state index in [0.29, 0.717) is 5.69 Å². The minimum absolute atomic E-state index is 0.0107. The number of carbonyl (C=O) groups is 1. The van der Waals surface area contributed by atoms with E-state index in [1.165, 1.54) is 5.56 Å². The maximum atomic E-state index is 12.9. The molecule has 0 bridgehead atoms. The number of aryl methyl sites for hydroxylation is 1. The van der Waals surface area contributed by atoms with Crippen LogP contribution in [0, 0.1) is 0 Å². The normalized spacial score (nSPS) is 17.4. The molecular weight excluding hydrogens is 314 g/mol. The van der Waals surface area contributed by atoms with Gasteiger partial charge in [-0.1, -0.05) is 13.0 Å². The maximum absolute atomic E-state index is 12.9. The molecule has 25 heavy (non-hydrogen) atoms. The highest BCUT2D eigenvalue weighted by molar-refractivity contribution is 5.92. The highest BCUT2D eigenvalue weighted by Crippen LogP contribution is 2.31. The zero-order valence-electron chi connectivity index (χ0n) is 15.4. The molecule has 134 valence electrons. The number of aromatic nitrogens is 3. The van der Waals surface area contributed by atoms with E-state index < -0.39 is 0 Å². The van der Waals surface area contributed by atoms with Crippen LogP contribution in [-0.4, -0.2) is 51.1 Å². The molecule has 3 heterocycles. The fourth-order valence-corrected chi connectivity index (χ4v) is 3.39. The van der Waals surface area contributed by atoms with Gasteiger partial charge in [-0.15, -0.1) is 0 Å². The Hall–Kier alpha value is -2.21. The summed E-state index contributed by atoms with van der Waals surface area (Å²) >= 11 is 0. The average Bonchev–Trinajstić information content (AvgIpc) is 3.24. The Morgan fingerprint density at radius 1 is 1.32 bits per heavy atom. The Labute approximate surface area is 149 Å². The Balaban J connectivity index is 1.74. The number of rotatable bonds is 6. The molecule has 6 heteroatoms. The fourth-order valence-electron chi connectivity index (χ4n) is 3.39. The smallest absolute Gasteiger partial charge is 0.274 e. The third-order valence-electron chi connectivity index (χ3n) is 4.51. The molecule has 1 atom stereocenters. The van der Waals surface area contributed by atoms with Gasteiger partial charge in [0.2, 0.25) is 0 Å². The number of likely N-dealkylation sites (tertiary alicyclic amines) is 1. The first-order valence-corrected chi connectivity index (χ1v) is 9.02. The quantitative estimate of drug-likeness (QED) is 0.811. The van der Waals surface area contributed by atoms with Gasteiger partial charge in [-0.25, -0.2) is 0 Å². The van der Waals surface area contributed by atoms with Crippen molar-refractivity contribution in [2.45, 2.75) is 45.3 Å². The molecule has 1 saturated heterocycles. The van der Waals surface area contributed by atoms with Crippen molar-refractivity contribution < 1.29 is 4.79 Å². The van der Waals surface area contributed by atoms with Crippen molar-refractivity contribution in [1.29, 1.82) is 0 Å². The van der Waals surface area contributed by atoms with E-state index in [9.17, 15) is 4.79 Å². The van der Waals surface area contributed by atoms with Gasteiger partial charge in [0.1, 0.15) is 5.69 Å². The molecule has 0 aliphatic carbocycles. The molecule has 0 N–H and O–H groups in total. The number of amides is 1. The molecule has 1 amide bonds. The van der Waals surface area contributed by atoms with E-state index in [1.807, 2.05) is 42.1 Å². The maximum Gasteiger partial charge on any atom is 0.274 e. The number of hydrogen-bond acceptors (Lipinski definition) is 4. The van der Waals surface area contributed by atoms with Crippen molar-refractivity contribution in [3.05, 3.63) is 47.5 Å². The molecule has 0 saturated carbocycles. The van der Waals surface area contributed by atoms with Gasteiger partial charge in [0.25, 0.3) is 5.91 Å². The molecule has 2 aromatic heterocycles. The van der Waals surface area contributed by atoms with Crippen LogP contribution in [-0.2, 0) is 13.1 Å². The predicted octanol–water partition coefficient (Wildman–Crippen LogP) is 2.73. The minimum Gasteiger partial charge on any atom is -0.329 e. The van der Waals surface area contributed by atoms with Gasteiger partial charge in [0.15, 0.2) is 0 Å². The summed E-state index contributed by atoms with van der Waals surface area (Å²) in [4.78, 5) is 21.5. The molecule has 3 rings (SSSR count). The van der Waals surface area contributed by atoms with Crippen LogP contribution in [0.4, 0.5) is 0 Å². The SMILES string of the molecule is CCCn1ccc(C(=O)N2CCCC2c2ccc(CN(C)C)cn2)n1. The van der Waals surface area contributed by atoms with Gasteiger partial charge in [-0.3, -0.25) is 14.5 Å². The lowest BCUT2D eigenvalue weighted by Crippen LogP contribution is -2.31. The molecule has 0 spiro atoms. The molecule has 0 aromatic carbocycles. The first kappa shape index (κ1) is 17.6. The summed E-state index contributed by atoms with van der Waals surface area (Å²) in [5.41, 5.74) is 2.69. The van der Waals surface area contributed by atoms with Crippen molar-refractivity contribution >= 4 is 5.91 Å². The van der Waals surface area contributed by atoms with Crippen LogP contribution in [0.15, 0.2) is 30.6 Å². The van der Waals surface area contributed by atoms with Crippen LogP contribution < -0.4 is 0 Å². The molecule has 6 nitrogen and oxygen atoms in total. The Bertz CT molecular complexity index is 707. The Kier molecular flexibility index (Phi) is 5.48. The summed E-state index contributed by atoms with van der Waals surface area (Å²) in [6.45, 7) is 4.58. The molecule has 1 fully saturated rings.